The van der Waals surface area contributed by atoms with Crippen molar-refractivity contribution in [1.29, 1.82) is 0 Å². The van der Waals surface area contributed by atoms with E-state index in [1.54, 1.807) is 30.3 Å². The van der Waals surface area contributed by atoms with Gasteiger partial charge in [0.25, 0.3) is 0 Å². The predicted molar refractivity (Wildman–Crippen MR) is 161 cm³/mol. The highest BCUT2D eigenvalue weighted by molar-refractivity contribution is 7.92. The van der Waals surface area contributed by atoms with Gasteiger partial charge in [0.05, 0.1) is 11.9 Å². The highest BCUT2D eigenvalue weighted by atomic mass is 32.2. The number of carbonyl (C=O) groups excluding carboxylic acids is 2. The molecule has 9 heteroatoms. The molecule has 3 aromatic rings. The number of nitrogens with one attached hydrogen (secondary N) is 1. The van der Waals surface area contributed by atoms with E-state index in [1.165, 1.54) is 15.3 Å². The molecule has 0 aliphatic heterocycles. The summed E-state index contributed by atoms with van der Waals surface area (Å²) in [6.07, 6.45) is 1.56. The van der Waals surface area contributed by atoms with Crippen LogP contribution in [0, 0.1) is 12.7 Å². The number of hydrogen-bond acceptors (Lipinski definition) is 4. The number of halogens is 1. The van der Waals surface area contributed by atoms with Gasteiger partial charge in [-0.05, 0) is 57.9 Å². The summed E-state index contributed by atoms with van der Waals surface area (Å²) in [7, 11) is -3.60. The fraction of sp³-hybridized carbons (Fsp3) is 0.375. The van der Waals surface area contributed by atoms with Gasteiger partial charge in [-0.3, -0.25) is 13.9 Å². The van der Waals surface area contributed by atoms with Crippen LogP contribution in [-0.2, 0) is 32.6 Å². The summed E-state index contributed by atoms with van der Waals surface area (Å²) in [4.78, 5) is 28.9. The summed E-state index contributed by atoms with van der Waals surface area (Å²) in [5.41, 5.74) is 2.11. The van der Waals surface area contributed by atoms with E-state index in [2.05, 4.69) is 5.32 Å². The molecule has 220 valence electrons. The quantitative estimate of drug-likeness (QED) is 0.317. The molecule has 0 spiro atoms. The molecule has 0 saturated heterocycles. The van der Waals surface area contributed by atoms with Crippen molar-refractivity contribution in [3.05, 3.63) is 101 Å². The average molecular weight is 582 g/mol. The van der Waals surface area contributed by atoms with Gasteiger partial charge in [0.2, 0.25) is 21.8 Å². The SMILES string of the molecule is Cc1ccc(N(CCCC(=O)N(Cc2ccccc2F)[C@H](Cc2ccccc2)C(=O)NC(C)(C)C)S(C)(=O)=O)cc1. The van der Waals surface area contributed by atoms with Crippen LogP contribution < -0.4 is 9.62 Å². The Balaban J connectivity index is 1.91. The van der Waals surface area contributed by atoms with E-state index in [-0.39, 0.29) is 44.2 Å². The van der Waals surface area contributed by atoms with Crippen LogP contribution in [0.25, 0.3) is 0 Å². The second-order valence-electron chi connectivity index (χ2n) is 11.3. The van der Waals surface area contributed by atoms with Crippen LogP contribution in [0.2, 0.25) is 0 Å². The lowest BCUT2D eigenvalue weighted by atomic mass is 10.00. The third-order valence-electron chi connectivity index (χ3n) is 6.54. The van der Waals surface area contributed by atoms with Crippen molar-refractivity contribution in [3.8, 4) is 0 Å². The van der Waals surface area contributed by atoms with Crippen LogP contribution in [0.15, 0.2) is 78.9 Å². The van der Waals surface area contributed by atoms with Gasteiger partial charge in [0.15, 0.2) is 0 Å². The molecule has 2 amide bonds. The molecule has 0 heterocycles. The van der Waals surface area contributed by atoms with Crippen molar-refractivity contribution < 1.29 is 22.4 Å². The third kappa shape index (κ3) is 9.70. The molecule has 0 saturated carbocycles. The number of amides is 2. The van der Waals surface area contributed by atoms with Gasteiger partial charge in [0, 0.05) is 37.0 Å². The predicted octanol–water partition coefficient (Wildman–Crippen LogP) is 5.24. The molecular formula is C32H40FN3O4S. The van der Waals surface area contributed by atoms with Crippen LogP contribution in [0.1, 0.15) is 50.3 Å². The maximum atomic E-state index is 14.8. The average Bonchev–Trinajstić information content (AvgIpc) is 2.89. The summed E-state index contributed by atoms with van der Waals surface area (Å²) in [6, 6.07) is 21.8. The van der Waals surface area contributed by atoms with Crippen molar-refractivity contribution in [2.75, 3.05) is 17.1 Å². The maximum absolute atomic E-state index is 14.8. The molecule has 1 N–H and O–H groups in total. The molecule has 0 aliphatic rings. The number of rotatable bonds is 12. The molecule has 0 aliphatic carbocycles. The van der Waals surface area contributed by atoms with Gasteiger partial charge in [-0.25, -0.2) is 12.8 Å². The molecule has 3 rings (SSSR count). The molecule has 0 aromatic heterocycles. The van der Waals surface area contributed by atoms with Gasteiger partial charge >= 0.3 is 0 Å². The van der Waals surface area contributed by atoms with Crippen LogP contribution >= 0.6 is 0 Å². The number of hydrogen-bond donors (Lipinski definition) is 1. The second-order valence-corrected chi connectivity index (χ2v) is 13.2. The van der Waals surface area contributed by atoms with Gasteiger partial charge < -0.3 is 10.2 Å². The first-order valence-electron chi connectivity index (χ1n) is 13.7. The Hall–Kier alpha value is -3.72. The minimum absolute atomic E-state index is 0.0274. The van der Waals surface area contributed by atoms with E-state index in [0.29, 0.717) is 11.3 Å². The lowest BCUT2D eigenvalue weighted by Gasteiger charge is -2.34. The molecule has 3 aromatic carbocycles. The van der Waals surface area contributed by atoms with Crippen molar-refractivity contribution in [3.63, 3.8) is 0 Å². The van der Waals surface area contributed by atoms with Gasteiger partial charge in [0.1, 0.15) is 11.9 Å². The molecular weight excluding hydrogens is 541 g/mol. The number of sulfonamides is 1. The van der Waals surface area contributed by atoms with Gasteiger partial charge in [-0.1, -0.05) is 66.2 Å². The van der Waals surface area contributed by atoms with Crippen LogP contribution in [0.3, 0.4) is 0 Å². The van der Waals surface area contributed by atoms with Crippen molar-refractivity contribution in [1.82, 2.24) is 10.2 Å². The van der Waals surface area contributed by atoms with Crippen molar-refractivity contribution in [2.45, 2.75) is 65.1 Å². The number of benzene rings is 3. The Morgan fingerprint density at radius 2 is 1.54 bits per heavy atom. The minimum atomic E-state index is -3.60. The largest absolute Gasteiger partial charge is 0.350 e. The summed E-state index contributed by atoms with van der Waals surface area (Å²) >= 11 is 0. The standard InChI is InChI=1S/C32H40FN3O4S/c1-24-17-19-27(20-18-24)36(41(5,39)40)21-11-16-30(37)35(23-26-14-9-10-15-28(26)33)29(31(38)34-32(2,3)4)22-25-12-7-6-8-13-25/h6-10,12-15,17-20,29H,11,16,21-23H2,1-5H3,(H,34,38)/t29-/m1/s1. The normalized spacial score (nSPS) is 12.4. The minimum Gasteiger partial charge on any atom is -0.350 e. The van der Waals surface area contributed by atoms with E-state index < -0.39 is 27.4 Å². The highest BCUT2D eigenvalue weighted by Crippen LogP contribution is 2.21. The van der Waals surface area contributed by atoms with E-state index >= 15 is 0 Å². The molecule has 0 bridgehead atoms. The lowest BCUT2D eigenvalue weighted by Crippen LogP contribution is -2.54. The number of anilines is 1. The van der Waals surface area contributed by atoms with Crippen LogP contribution in [0.4, 0.5) is 10.1 Å². The highest BCUT2D eigenvalue weighted by Gasteiger charge is 2.32. The zero-order valence-corrected chi connectivity index (χ0v) is 25.2. The Bertz CT molecular complexity index is 1420. The first kappa shape index (κ1) is 31.8. The fourth-order valence-electron chi connectivity index (χ4n) is 4.53. The van der Waals surface area contributed by atoms with E-state index in [0.717, 1.165) is 17.4 Å². The Morgan fingerprint density at radius 1 is 0.927 bits per heavy atom. The summed E-state index contributed by atoms with van der Waals surface area (Å²) < 4.78 is 41.2. The van der Waals surface area contributed by atoms with E-state index in [1.807, 2.05) is 70.2 Å². The lowest BCUT2D eigenvalue weighted by molar-refractivity contribution is -0.142. The Kier molecular flexibility index (Phi) is 10.7. The van der Waals surface area contributed by atoms with Crippen LogP contribution in [-0.4, -0.2) is 49.5 Å². The topological polar surface area (TPSA) is 86.8 Å². The third-order valence-corrected chi connectivity index (χ3v) is 7.74. The molecule has 7 nitrogen and oxygen atoms in total. The molecule has 1 atom stereocenters. The monoisotopic (exact) mass is 581 g/mol. The Morgan fingerprint density at radius 3 is 2.12 bits per heavy atom. The fourth-order valence-corrected chi connectivity index (χ4v) is 5.50. The number of aryl methyl sites for hydroxylation is 1. The number of carbonyl (C=O) groups is 2. The molecule has 0 radical (unpaired) electrons. The van der Waals surface area contributed by atoms with Gasteiger partial charge in [-0.15, -0.1) is 0 Å². The molecule has 0 unspecified atom stereocenters. The maximum Gasteiger partial charge on any atom is 0.243 e. The first-order chi connectivity index (χ1) is 19.2. The zero-order valence-electron chi connectivity index (χ0n) is 24.4. The smallest absolute Gasteiger partial charge is 0.243 e. The number of nitrogens with zero attached hydrogens (tertiary/aromatic N) is 2. The van der Waals surface area contributed by atoms with E-state index in [4.69, 9.17) is 0 Å². The summed E-state index contributed by atoms with van der Waals surface area (Å²) in [6.45, 7) is 7.47. The Labute approximate surface area is 243 Å². The van der Waals surface area contributed by atoms with Crippen molar-refractivity contribution in [2.24, 2.45) is 0 Å². The molecule has 41 heavy (non-hydrogen) atoms. The van der Waals surface area contributed by atoms with Gasteiger partial charge in [-0.2, -0.15) is 0 Å². The van der Waals surface area contributed by atoms with E-state index in [9.17, 15) is 22.4 Å². The molecule has 0 fully saturated rings. The zero-order chi connectivity index (χ0) is 30.2. The first-order valence-corrected chi connectivity index (χ1v) is 15.5. The summed E-state index contributed by atoms with van der Waals surface area (Å²) in [5, 5.41) is 2.98. The summed E-state index contributed by atoms with van der Waals surface area (Å²) in [5.74, 6) is -1.18. The van der Waals surface area contributed by atoms with Crippen molar-refractivity contribution >= 4 is 27.5 Å². The van der Waals surface area contributed by atoms with Crippen LogP contribution in [0.5, 0.6) is 0 Å². The second kappa shape index (κ2) is 13.8.